The van der Waals surface area contributed by atoms with Crippen LogP contribution in [0.1, 0.15) is 13.3 Å². The number of benzene rings is 1. The lowest BCUT2D eigenvalue weighted by Gasteiger charge is -2.20. The number of alkyl halides is 1. The topological polar surface area (TPSA) is 29.0 Å². The first-order valence-corrected chi connectivity index (χ1v) is 6.18. The Balaban J connectivity index is 2.28. The van der Waals surface area contributed by atoms with E-state index >= 15 is 0 Å². The lowest BCUT2D eigenvalue weighted by atomic mass is 10.2. The number of rotatable bonds is 4. The quantitative estimate of drug-likeness (QED) is 0.780. The van der Waals surface area contributed by atoms with Gasteiger partial charge in [-0.15, -0.1) is 11.6 Å². The molecule has 1 atom stereocenters. The van der Waals surface area contributed by atoms with Crippen LogP contribution in [0.3, 0.4) is 0 Å². The van der Waals surface area contributed by atoms with E-state index in [1.54, 1.807) is 6.20 Å². The number of anilines is 1. The van der Waals surface area contributed by atoms with Gasteiger partial charge in [-0.05, 0) is 19.4 Å². The summed E-state index contributed by atoms with van der Waals surface area (Å²) in [6.45, 7) is 2.93. The van der Waals surface area contributed by atoms with E-state index in [0.717, 1.165) is 29.6 Å². The second-order valence-electron chi connectivity index (χ2n) is 4.24. The maximum Gasteiger partial charge on any atom is 0.0950 e. The van der Waals surface area contributed by atoms with Gasteiger partial charge in [-0.25, -0.2) is 0 Å². The highest BCUT2D eigenvalue weighted by molar-refractivity contribution is 6.20. The van der Waals surface area contributed by atoms with Crippen LogP contribution in [-0.4, -0.2) is 29.2 Å². The number of fused-ring (bicyclic) bond motifs is 1. The maximum atomic E-state index is 5.97. The zero-order valence-electron chi connectivity index (χ0n) is 10.1. The summed E-state index contributed by atoms with van der Waals surface area (Å²) in [7, 11) is 2.06. The predicted molar refractivity (Wildman–Crippen MR) is 72.7 cm³/mol. The van der Waals surface area contributed by atoms with Crippen molar-refractivity contribution in [2.45, 2.75) is 18.7 Å². The highest BCUT2D eigenvalue weighted by Crippen LogP contribution is 2.23. The molecule has 2 rings (SSSR count). The number of nitrogens with zero attached hydrogens (tertiary/aromatic N) is 3. The molecule has 17 heavy (non-hydrogen) atoms. The van der Waals surface area contributed by atoms with Crippen LogP contribution in [0.5, 0.6) is 0 Å². The first kappa shape index (κ1) is 12.1. The monoisotopic (exact) mass is 249 g/mol. The Hall–Kier alpha value is -1.35. The number of hydrogen-bond donors (Lipinski definition) is 0. The molecule has 0 amide bonds. The molecular formula is C13H16ClN3. The van der Waals surface area contributed by atoms with Crippen molar-refractivity contribution in [2.24, 2.45) is 0 Å². The molecule has 0 N–H and O–H groups in total. The van der Waals surface area contributed by atoms with Gasteiger partial charge in [0.05, 0.1) is 17.4 Å². The van der Waals surface area contributed by atoms with E-state index in [9.17, 15) is 0 Å². The fourth-order valence-corrected chi connectivity index (χ4v) is 1.89. The van der Waals surface area contributed by atoms with Gasteiger partial charge in [0.15, 0.2) is 0 Å². The molecule has 0 aliphatic carbocycles. The Bertz CT molecular complexity index is 493. The summed E-state index contributed by atoms with van der Waals surface area (Å²) in [5.74, 6) is 0. The van der Waals surface area contributed by atoms with Crippen molar-refractivity contribution < 1.29 is 0 Å². The Labute approximate surface area is 106 Å². The first-order valence-electron chi connectivity index (χ1n) is 5.74. The molecule has 0 aliphatic rings. The molecule has 0 radical (unpaired) electrons. The largest absolute Gasteiger partial charge is 0.373 e. The molecule has 0 fully saturated rings. The summed E-state index contributed by atoms with van der Waals surface area (Å²) in [5, 5.41) is 9.48. The summed E-state index contributed by atoms with van der Waals surface area (Å²) in [6, 6.07) is 8.04. The van der Waals surface area contributed by atoms with Crippen molar-refractivity contribution in [3.05, 3.63) is 30.5 Å². The zero-order chi connectivity index (χ0) is 12.3. The average Bonchev–Trinajstić information content (AvgIpc) is 2.35. The highest BCUT2D eigenvalue weighted by atomic mass is 35.5. The molecule has 0 bridgehead atoms. The molecular weight excluding hydrogens is 234 g/mol. The summed E-state index contributed by atoms with van der Waals surface area (Å²) < 4.78 is 0. The van der Waals surface area contributed by atoms with E-state index in [1.807, 2.05) is 25.1 Å². The summed E-state index contributed by atoms with van der Waals surface area (Å²) >= 11 is 5.97. The van der Waals surface area contributed by atoms with E-state index in [1.165, 1.54) is 0 Å². The minimum atomic E-state index is 0.193. The fourth-order valence-electron chi connectivity index (χ4n) is 1.79. The standard InChI is InChI=1S/C13H16ClN3/c1-10(14)7-8-17(2)13-9-15-16-12-6-4-3-5-11(12)13/h3-6,9-10H,7-8H2,1-2H3. The van der Waals surface area contributed by atoms with E-state index in [-0.39, 0.29) is 5.38 Å². The third kappa shape index (κ3) is 2.86. The van der Waals surface area contributed by atoms with Crippen LogP contribution in [0.4, 0.5) is 5.69 Å². The van der Waals surface area contributed by atoms with E-state index in [0.29, 0.717) is 0 Å². The number of hydrogen-bond acceptors (Lipinski definition) is 3. The van der Waals surface area contributed by atoms with Crippen LogP contribution in [-0.2, 0) is 0 Å². The van der Waals surface area contributed by atoms with Crippen LogP contribution < -0.4 is 4.90 Å². The van der Waals surface area contributed by atoms with E-state index in [2.05, 4.69) is 28.2 Å². The van der Waals surface area contributed by atoms with Crippen molar-refractivity contribution in [1.29, 1.82) is 0 Å². The molecule has 0 spiro atoms. The summed E-state index contributed by atoms with van der Waals surface area (Å²) in [6.07, 6.45) is 2.76. The molecule has 3 nitrogen and oxygen atoms in total. The van der Waals surface area contributed by atoms with Gasteiger partial charge >= 0.3 is 0 Å². The molecule has 0 aliphatic heterocycles. The predicted octanol–water partition coefficient (Wildman–Crippen LogP) is 3.08. The van der Waals surface area contributed by atoms with Crippen LogP contribution >= 0.6 is 11.6 Å². The highest BCUT2D eigenvalue weighted by Gasteiger charge is 2.08. The zero-order valence-corrected chi connectivity index (χ0v) is 10.9. The van der Waals surface area contributed by atoms with Crippen LogP contribution in [0.25, 0.3) is 10.9 Å². The molecule has 0 saturated heterocycles. The van der Waals surface area contributed by atoms with Gasteiger partial charge in [0.25, 0.3) is 0 Å². The Morgan fingerprint density at radius 2 is 2.12 bits per heavy atom. The van der Waals surface area contributed by atoms with Crippen molar-refractivity contribution in [3.8, 4) is 0 Å². The van der Waals surface area contributed by atoms with Crippen molar-refractivity contribution in [3.63, 3.8) is 0 Å². The van der Waals surface area contributed by atoms with Gasteiger partial charge in [0, 0.05) is 24.4 Å². The lowest BCUT2D eigenvalue weighted by Crippen LogP contribution is -2.21. The van der Waals surface area contributed by atoms with Gasteiger partial charge in [0.2, 0.25) is 0 Å². The van der Waals surface area contributed by atoms with Crippen LogP contribution in [0.2, 0.25) is 0 Å². The first-order chi connectivity index (χ1) is 8.18. The van der Waals surface area contributed by atoms with Crippen LogP contribution in [0, 0.1) is 0 Å². The summed E-state index contributed by atoms with van der Waals surface area (Å²) in [5.41, 5.74) is 2.03. The van der Waals surface area contributed by atoms with Gasteiger partial charge in [-0.3, -0.25) is 0 Å². The number of halogens is 1. The normalized spacial score (nSPS) is 12.6. The molecule has 4 heteroatoms. The molecule has 1 unspecified atom stereocenters. The van der Waals surface area contributed by atoms with Crippen LogP contribution in [0.15, 0.2) is 30.5 Å². The molecule has 1 aromatic carbocycles. The Kier molecular flexibility index (Phi) is 3.79. The maximum absolute atomic E-state index is 5.97. The fraction of sp³-hybridized carbons (Fsp3) is 0.385. The SMILES string of the molecule is CC(Cl)CCN(C)c1cnnc2ccccc12. The Morgan fingerprint density at radius 3 is 2.88 bits per heavy atom. The molecule has 1 heterocycles. The van der Waals surface area contributed by atoms with Gasteiger partial charge in [-0.2, -0.15) is 10.2 Å². The third-order valence-electron chi connectivity index (χ3n) is 2.80. The van der Waals surface area contributed by atoms with Gasteiger partial charge in [0.1, 0.15) is 0 Å². The van der Waals surface area contributed by atoms with E-state index in [4.69, 9.17) is 11.6 Å². The van der Waals surface area contributed by atoms with Crippen molar-refractivity contribution in [2.75, 3.05) is 18.5 Å². The van der Waals surface area contributed by atoms with Crippen molar-refractivity contribution in [1.82, 2.24) is 10.2 Å². The molecule has 90 valence electrons. The molecule has 1 aromatic heterocycles. The van der Waals surface area contributed by atoms with Gasteiger partial charge < -0.3 is 4.90 Å². The lowest BCUT2D eigenvalue weighted by molar-refractivity contribution is 0.772. The number of aromatic nitrogens is 2. The average molecular weight is 250 g/mol. The minimum absolute atomic E-state index is 0.193. The summed E-state index contributed by atoms with van der Waals surface area (Å²) in [4.78, 5) is 2.18. The molecule has 2 aromatic rings. The smallest absolute Gasteiger partial charge is 0.0950 e. The molecule has 0 saturated carbocycles. The van der Waals surface area contributed by atoms with E-state index < -0.39 is 0 Å². The third-order valence-corrected chi connectivity index (χ3v) is 3.02. The van der Waals surface area contributed by atoms with Gasteiger partial charge in [-0.1, -0.05) is 18.2 Å². The minimum Gasteiger partial charge on any atom is -0.373 e. The second kappa shape index (κ2) is 5.32. The second-order valence-corrected chi connectivity index (χ2v) is 4.98. The Morgan fingerprint density at radius 1 is 1.35 bits per heavy atom. The van der Waals surface area contributed by atoms with Crippen molar-refractivity contribution >= 4 is 28.2 Å².